The highest BCUT2D eigenvalue weighted by molar-refractivity contribution is 5.77. The second-order valence-electron chi connectivity index (χ2n) is 4.47. The van der Waals surface area contributed by atoms with E-state index in [1.165, 1.54) is 5.06 Å². The van der Waals surface area contributed by atoms with Crippen molar-refractivity contribution in [2.75, 3.05) is 6.54 Å². The van der Waals surface area contributed by atoms with Gasteiger partial charge < -0.3 is 5.11 Å². The van der Waals surface area contributed by atoms with E-state index >= 15 is 0 Å². The fourth-order valence-electron chi connectivity index (χ4n) is 1.47. The van der Waals surface area contributed by atoms with Gasteiger partial charge >= 0.3 is 5.97 Å². The maximum absolute atomic E-state index is 10.8. The molecule has 0 aromatic rings. The number of rotatable bonds is 2. The minimum absolute atomic E-state index is 0.0809. The Morgan fingerprint density at radius 3 is 2.60 bits per heavy atom. The van der Waals surface area contributed by atoms with Crippen LogP contribution in [0.25, 0.3) is 0 Å². The smallest absolute Gasteiger partial charge is 0.313 e. The van der Waals surface area contributed by atoms with Gasteiger partial charge in [-0.3, -0.25) is 9.63 Å². The molecule has 15 heavy (non-hydrogen) atoms. The molecule has 1 aliphatic rings. The second-order valence-corrected chi connectivity index (χ2v) is 4.47. The first-order chi connectivity index (χ1) is 6.85. The third-order valence-electron chi connectivity index (χ3n) is 2.01. The van der Waals surface area contributed by atoms with E-state index < -0.39 is 17.5 Å². The highest BCUT2D eigenvalue weighted by Gasteiger charge is 2.37. The average molecular weight is 213 g/mol. The molecule has 0 unspecified atom stereocenters. The lowest BCUT2D eigenvalue weighted by Gasteiger charge is -2.27. The zero-order valence-electron chi connectivity index (χ0n) is 9.11. The van der Waals surface area contributed by atoms with E-state index in [0.29, 0.717) is 13.0 Å². The van der Waals surface area contributed by atoms with E-state index in [2.05, 4.69) is 0 Å². The van der Waals surface area contributed by atoms with Crippen LogP contribution in [-0.2, 0) is 14.4 Å². The van der Waals surface area contributed by atoms with Gasteiger partial charge in [-0.25, -0.2) is 9.86 Å². The lowest BCUT2D eigenvalue weighted by atomic mass is 10.1. The van der Waals surface area contributed by atoms with Crippen LogP contribution in [0.4, 0.5) is 0 Å². The van der Waals surface area contributed by atoms with Crippen LogP contribution in [0, 0.1) is 5.92 Å². The third-order valence-corrected chi connectivity index (χ3v) is 2.01. The Hall–Kier alpha value is -1.32. The van der Waals surface area contributed by atoms with Crippen molar-refractivity contribution in [3.05, 3.63) is 5.70 Å². The first-order valence-corrected chi connectivity index (χ1v) is 4.79. The Bertz CT molecular complexity index is 312. The molecule has 1 aliphatic heterocycles. The highest BCUT2D eigenvalue weighted by atomic mass is 16.7. The maximum Gasteiger partial charge on any atom is 0.313 e. The van der Waals surface area contributed by atoms with Gasteiger partial charge in [-0.15, -0.1) is 0 Å². The highest BCUT2D eigenvalue weighted by Crippen LogP contribution is 2.28. The Morgan fingerprint density at radius 2 is 2.20 bits per heavy atom. The van der Waals surface area contributed by atoms with Crippen molar-refractivity contribution in [2.45, 2.75) is 32.8 Å². The number of carbonyl (C=O) groups excluding carboxylic acids is 1. The summed E-state index contributed by atoms with van der Waals surface area (Å²) in [6, 6.07) is 0. The van der Waals surface area contributed by atoms with Gasteiger partial charge in [0.1, 0.15) is 17.6 Å². The molecule has 0 aromatic carbocycles. The van der Waals surface area contributed by atoms with Crippen LogP contribution < -0.4 is 0 Å². The van der Waals surface area contributed by atoms with Crippen LogP contribution in [0.1, 0.15) is 27.2 Å². The van der Waals surface area contributed by atoms with Crippen molar-refractivity contribution in [2.24, 2.45) is 5.92 Å². The average Bonchev–Trinajstić information content (AvgIpc) is 2.44. The summed E-state index contributed by atoms with van der Waals surface area (Å²) in [5, 5.41) is 10.2. The van der Waals surface area contributed by atoms with Gasteiger partial charge in [-0.1, -0.05) is 0 Å². The van der Waals surface area contributed by atoms with Gasteiger partial charge in [-0.2, -0.15) is 0 Å². The molecule has 1 atom stereocenters. The molecular formula is C10H15NO4. The van der Waals surface area contributed by atoms with Gasteiger partial charge in [0.25, 0.3) is 0 Å². The molecule has 0 radical (unpaired) electrons. The zero-order chi connectivity index (χ0) is 11.6. The van der Waals surface area contributed by atoms with Gasteiger partial charge in [0.05, 0.1) is 5.60 Å². The number of hydroxylamine groups is 2. The topological polar surface area (TPSA) is 66.8 Å². The molecule has 1 saturated heterocycles. The first-order valence-electron chi connectivity index (χ1n) is 4.79. The van der Waals surface area contributed by atoms with Crippen LogP contribution >= 0.6 is 0 Å². The number of carbonyl (C=O) groups is 1. The summed E-state index contributed by atoms with van der Waals surface area (Å²) in [4.78, 5) is 26.9. The summed E-state index contributed by atoms with van der Waals surface area (Å²) < 4.78 is 0. The zero-order valence-corrected chi connectivity index (χ0v) is 9.11. The standard InChI is InChI=1S/C10H15NO4/c1-10(2,3)15-11-5-4-7(9(13)14)8(11)6-12/h7H,4-5H2,1-3H3,(H,13,14)/t7-/m1/s1. The minimum Gasteiger partial charge on any atom is -0.481 e. The molecule has 5 nitrogen and oxygen atoms in total. The normalized spacial score (nSPS) is 21.7. The molecule has 1 rings (SSSR count). The van der Waals surface area contributed by atoms with Crippen molar-refractivity contribution >= 4 is 11.9 Å². The summed E-state index contributed by atoms with van der Waals surface area (Å²) in [5.74, 6) is -0.139. The van der Waals surface area contributed by atoms with Crippen LogP contribution in [0.15, 0.2) is 5.70 Å². The Balaban J connectivity index is 2.79. The molecule has 84 valence electrons. The van der Waals surface area contributed by atoms with Crippen LogP contribution in [0.5, 0.6) is 0 Å². The van der Waals surface area contributed by atoms with Crippen LogP contribution in [0.2, 0.25) is 0 Å². The second kappa shape index (κ2) is 4.04. The Kier molecular flexibility index (Phi) is 3.17. The van der Waals surface area contributed by atoms with Gasteiger partial charge in [0.15, 0.2) is 0 Å². The molecule has 0 spiro atoms. The Labute approximate surface area is 88.3 Å². The van der Waals surface area contributed by atoms with Gasteiger partial charge in [0.2, 0.25) is 0 Å². The van der Waals surface area contributed by atoms with E-state index in [4.69, 9.17) is 9.94 Å². The summed E-state index contributed by atoms with van der Waals surface area (Å²) >= 11 is 0. The summed E-state index contributed by atoms with van der Waals surface area (Å²) in [7, 11) is 0. The van der Waals surface area contributed by atoms with E-state index in [9.17, 15) is 9.59 Å². The largest absolute Gasteiger partial charge is 0.481 e. The molecule has 0 aliphatic carbocycles. The van der Waals surface area contributed by atoms with Gasteiger partial charge in [0, 0.05) is 6.54 Å². The van der Waals surface area contributed by atoms with Crippen LogP contribution in [-0.4, -0.2) is 34.2 Å². The number of aliphatic carboxylic acids is 1. The van der Waals surface area contributed by atoms with Crippen LogP contribution in [0.3, 0.4) is 0 Å². The number of carboxylic acid groups (broad SMARTS) is 1. The number of carboxylic acids is 1. The lowest BCUT2D eigenvalue weighted by molar-refractivity contribution is -0.198. The van der Waals surface area contributed by atoms with Gasteiger partial charge in [-0.05, 0) is 27.2 Å². The first kappa shape index (κ1) is 11.8. The molecule has 0 aromatic heterocycles. The quantitative estimate of drug-likeness (QED) is 0.688. The fourth-order valence-corrected chi connectivity index (χ4v) is 1.47. The predicted octanol–water partition coefficient (Wildman–Crippen LogP) is 0.839. The molecule has 1 fully saturated rings. The predicted molar refractivity (Wildman–Crippen MR) is 52.5 cm³/mol. The summed E-state index contributed by atoms with van der Waals surface area (Å²) in [5.41, 5.74) is -0.368. The minimum atomic E-state index is -1.01. The molecule has 1 heterocycles. The van der Waals surface area contributed by atoms with Crippen molar-refractivity contribution in [1.29, 1.82) is 0 Å². The van der Waals surface area contributed by atoms with E-state index in [-0.39, 0.29) is 5.70 Å². The maximum atomic E-state index is 10.8. The van der Waals surface area contributed by atoms with Crippen molar-refractivity contribution in [1.82, 2.24) is 5.06 Å². The number of hydrogen-bond acceptors (Lipinski definition) is 4. The SMILES string of the molecule is CC(C)(C)ON1CC[C@@H](C(=O)O)C1=C=O. The Morgan fingerprint density at radius 1 is 1.60 bits per heavy atom. The molecular weight excluding hydrogens is 198 g/mol. The van der Waals surface area contributed by atoms with E-state index in [1.54, 1.807) is 5.94 Å². The van der Waals surface area contributed by atoms with Crippen molar-refractivity contribution in [3.63, 3.8) is 0 Å². The fraction of sp³-hybridized carbons (Fsp3) is 0.700. The lowest BCUT2D eigenvalue weighted by Crippen LogP contribution is -2.32. The summed E-state index contributed by atoms with van der Waals surface area (Å²) in [6.07, 6.45) is 0.385. The molecule has 0 bridgehead atoms. The monoisotopic (exact) mass is 213 g/mol. The molecule has 1 N–H and O–H groups in total. The van der Waals surface area contributed by atoms with Crippen molar-refractivity contribution < 1.29 is 19.5 Å². The molecule has 0 amide bonds. The summed E-state index contributed by atoms with van der Waals surface area (Å²) in [6.45, 7) is 5.93. The number of nitrogens with zero attached hydrogens (tertiary/aromatic N) is 1. The van der Waals surface area contributed by atoms with Crippen molar-refractivity contribution in [3.8, 4) is 0 Å². The molecule has 5 heteroatoms. The van der Waals surface area contributed by atoms with E-state index in [0.717, 1.165) is 0 Å². The van der Waals surface area contributed by atoms with E-state index in [1.807, 2.05) is 20.8 Å². The molecule has 0 saturated carbocycles. The third kappa shape index (κ3) is 2.81. The number of hydrogen-bond donors (Lipinski definition) is 1.